The van der Waals surface area contributed by atoms with Gasteiger partial charge in [0.2, 0.25) is 5.91 Å². The summed E-state index contributed by atoms with van der Waals surface area (Å²) < 4.78 is 0. The summed E-state index contributed by atoms with van der Waals surface area (Å²) in [7, 11) is 0. The predicted octanol–water partition coefficient (Wildman–Crippen LogP) is 2.40. The molecule has 1 amide bonds. The number of amides is 1. The summed E-state index contributed by atoms with van der Waals surface area (Å²) in [6, 6.07) is -0.0451. The molecule has 0 saturated heterocycles. The lowest BCUT2D eigenvalue weighted by Crippen LogP contribution is -2.46. The standard InChI is InChI=1S/C18H28N4O/c1-16(2,3)14-20-10-11-12(21-14)8-17(4,5)9-13(11)22-15(23)18(19)6-7-18/h10,13H,6-9,19H2,1-5H3,(H,22,23)/t13-/m1/s1. The molecule has 23 heavy (non-hydrogen) atoms. The van der Waals surface area contributed by atoms with Crippen LogP contribution < -0.4 is 11.1 Å². The zero-order valence-corrected chi connectivity index (χ0v) is 14.9. The number of rotatable bonds is 2. The highest BCUT2D eigenvalue weighted by Gasteiger charge is 2.47. The third-order valence-electron chi connectivity index (χ3n) is 4.90. The minimum absolute atomic E-state index is 0.0361. The Labute approximate surface area is 138 Å². The van der Waals surface area contributed by atoms with Crippen molar-refractivity contribution in [2.45, 2.75) is 77.3 Å². The van der Waals surface area contributed by atoms with E-state index in [1.807, 2.05) is 6.20 Å². The van der Waals surface area contributed by atoms with Crippen molar-refractivity contribution >= 4 is 5.91 Å². The lowest BCUT2D eigenvalue weighted by Gasteiger charge is -2.37. The molecule has 0 radical (unpaired) electrons. The molecule has 0 unspecified atom stereocenters. The van der Waals surface area contributed by atoms with E-state index in [0.29, 0.717) is 0 Å². The van der Waals surface area contributed by atoms with Gasteiger partial charge in [-0.1, -0.05) is 34.6 Å². The van der Waals surface area contributed by atoms with Crippen molar-refractivity contribution in [2.24, 2.45) is 11.1 Å². The van der Waals surface area contributed by atoms with Crippen LogP contribution in [0.1, 0.15) is 77.0 Å². The topological polar surface area (TPSA) is 80.9 Å². The molecule has 3 rings (SSSR count). The highest BCUT2D eigenvalue weighted by Crippen LogP contribution is 2.41. The number of aromatic nitrogens is 2. The van der Waals surface area contributed by atoms with Crippen LogP contribution in [0.2, 0.25) is 0 Å². The van der Waals surface area contributed by atoms with Gasteiger partial charge in [-0.3, -0.25) is 4.79 Å². The van der Waals surface area contributed by atoms with Gasteiger partial charge in [0.05, 0.1) is 11.6 Å². The van der Waals surface area contributed by atoms with E-state index < -0.39 is 5.54 Å². The fraction of sp³-hybridized carbons (Fsp3) is 0.722. The van der Waals surface area contributed by atoms with Gasteiger partial charge in [-0.2, -0.15) is 0 Å². The third-order valence-corrected chi connectivity index (χ3v) is 4.90. The molecular weight excluding hydrogens is 288 g/mol. The minimum atomic E-state index is -0.645. The third kappa shape index (κ3) is 3.25. The molecule has 0 aromatic carbocycles. The number of hydrogen-bond acceptors (Lipinski definition) is 4. The molecule has 1 aromatic heterocycles. The van der Waals surface area contributed by atoms with E-state index >= 15 is 0 Å². The molecule has 0 bridgehead atoms. The fourth-order valence-corrected chi connectivity index (χ4v) is 3.20. The summed E-state index contributed by atoms with van der Waals surface area (Å²) in [6.45, 7) is 10.8. The van der Waals surface area contributed by atoms with Gasteiger partial charge in [-0.15, -0.1) is 0 Å². The van der Waals surface area contributed by atoms with Gasteiger partial charge in [-0.05, 0) is 31.1 Å². The van der Waals surface area contributed by atoms with Gasteiger partial charge in [0.25, 0.3) is 0 Å². The van der Waals surface area contributed by atoms with Crippen LogP contribution in [-0.2, 0) is 16.6 Å². The second kappa shape index (κ2) is 5.00. The Hall–Kier alpha value is -1.49. The second-order valence-electron chi connectivity index (χ2n) is 9.07. The van der Waals surface area contributed by atoms with Crippen LogP contribution in [0.5, 0.6) is 0 Å². The van der Waals surface area contributed by atoms with E-state index in [1.165, 1.54) is 0 Å². The van der Waals surface area contributed by atoms with Gasteiger partial charge in [-0.25, -0.2) is 9.97 Å². The molecule has 2 aliphatic carbocycles. The van der Waals surface area contributed by atoms with Crippen LogP contribution in [0.15, 0.2) is 6.20 Å². The maximum absolute atomic E-state index is 12.4. The largest absolute Gasteiger partial charge is 0.348 e. The Bertz CT molecular complexity index is 641. The van der Waals surface area contributed by atoms with Crippen molar-refractivity contribution in [1.82, 2.24) is 15.3 Å². The Morgan fingerprint density at radius 2 is 2.00 bits per heavy atom. The summed E-state index contributed by atoms with van der Waals surface area (Å²) in [6.07, 6.45) is 5.26. The highest BCUT2D eigenvalue weighted by atomic mass is 16.2. The molecule has 5 nitrogen and oxygen atoms in total. The Morgan fingerprint density at radius 1 is 1.35 bits per heavy atom. The van der Waals surface area contributed by atoms with Crippen molar-refractivity contribution in [3.05, 3.63) is 23.3 Å². The van der Waals surface area contributed by atoms with Crippen LogP contribution in [0.25, 0.3) is 0 Å². The van der Waals surface area contributed by atoms with E-state index in [2.05, 4.69) is 44.9 Å². The summed E-state index contributed by atoms with van der Waals surface area (Å²) >= 11 is 0. The SMILES string of the molecule is CC1(C)Cc2nc(C(C)(C)C)ncc2[C@H](NC(=O)C2(N)CC2)C1. The molecule has 1 heterocycles. The van der Waals surface area contributed by atoms with Crippen LogP contribution in [0.4, 0.5) is 0 Å². The lowest BCUT2D eigenvalue weighted by atomic mass is 9.74. The molecule has 3 N–H and O–H groups in total. The average Bonchev–Trinajstić information content (AvgIpc) is 3.15. The molecular formula is C18H28N4O. The number of nitrogens with two attached hydrogens (primary N) is 1. The Morgan fingerprint density at radius 3 is 2.57 bits per heavy atom. The number of nitrogens with one attached hydrogen (secondary N) is 1. The molecule has 2 aliphatic rings. The summed E-state index contributed by atoms with van der Waals surface area (Å²) in [5.41, 5.74) is 7.52. The van der Waals surface area contributed by atoms with E-state index in [0.717, 1.165) is 42.8 Å². The van der Waals surface area contributed by atoms with E-state index in [-0.39, 0.29) is 22.8 Å². The quantitative estimate of drug-likeness (QED) is 0.878. The first-order chi connectivity index (χ1) is 10.5. The number of carbonyl (C=O) groups is 1. The van der Waals surface area contributed by atoms with Crippen LogP contribution >= 0.6 is 0 Å². The first kappa shape index (κ1) is 16.4. The molecule has 1 saturated carbocycles. The Kier molecular flexibility index (Phi) is 3.56. The van der Waals surface area contributed by atoms with Crippen LogP contribution in [0, 0.1) is 5.41 Å². The minimum Gasteiger partial charge on any atom is -0.348 e. The fourth-order valence-electron chi connectivity index (χ4n) is 3.20. The molecule has 0 aliphatic heterocycles. The molecule has 126 valence electrons. The smallest absolute Gasteiger partial charge is 0.240 e. The van der Waals surface area contributed by atoms with Crippen molar-refractivity contribution < 1.29 is 4.79 Å². The van der Waals surface area contributed by atoms with Crippen LogP contribution in [-0.4, -0.2) is 21.4 Å². The zero-order valence-electron chi connectivity index (χ0n) is 14.9. The van der Waals surface area contributed by atoms with E-state index in [4.69, 9.17) is 10.7 Å². The van der Waals surface area contributed by atoms with Gasteiger partial charge in [0.15, 0.2) is 0 Å². The summed E-state index contributed by atoms with van der Waals surface area (Å²) in [5, 5.41) is 3.15. The highest BCUT2D eigenvalue weighted by molar-refractivity contribution is 5.89. The number of carbonyl (C=O) groups excluding carboxylic acids is 1. The van der Waals surface area contributed by atoms with Gasteiger partial charge in [0.1, 0.15) is 5.82 Å². The van der Waals surface area contributed by atoms with Crippen molar-refractivity contribution in [1.29, 1.82) is 0 Å². The maximum atomic E-state index is 12.4. The summed E-state index contributed by atoms with van der Waals surface area (Å²) in [4.78, 5) is 21.7. The van der Waals surface area contributed by atoms with Crippen molar-refractivity contribution in [2.75, 3.05) is 0 Å². The summed E-state index contributed by atoms with van der Waals surface area (Å²) in [5.74, 6) is 0.822. The number of nitrogens with zero attached hydrogens (tertiary/aromatic N) is 2. The van der Waals surface area contributed by atoms with Gasteiger partial charge in [0, 0.05) is 22.9 Å². The normalized spacial score (nSPS) is 24.7. The molecule has 1 atom stereocenters. The van der Waals surface area contributed by atoms with Crippen molar-refractivity contribution in [3.8, 4) is 0 Å². The number of hydrogen-bond donors (Lipinski definition) is 2. The molecule has 0 spiro atoms. The van der Waals surface area contributed by atoms with E-state index in [9.17, 15) is 4.79 Å². The second-order valence-corrected chi connectivity index (χ2v) is 9.07. The molecule has 1 aromatic rings. The van der Waals surface area contributed by atoms with Crippen molar-refractivity contribution in [3.63, 3.8) is 0 Å². The first-order valence-corrected chi connectivity index (χ1v) is 8.46. The molecule has 5 heteroatoms. The number of fused-ring (bicyclic) bond motifs is 1. The average molecular weight is 316 g/mol. The van der Waals surface area contributed by atoms with Gasteiger partial charge >= 0.3 is 0 Å². The first-order valence-electron chi connectivity index (χ1n) is 8.46. The molecule has 1 fully saturated rings. The zero-order chi connectivity index (χ0) is 17.0. The van der Waals surface area contributed by atoms with E-state index in [1.54, 1.807) is 0 Å². The lowest BCUT2D eigenvalue weighted by molar-refractivity contribution is -0.124. The van der Waals surface area contributed by atoms with Gasteiger partial charge < -0.3 is 11.1 Å². The maximum Gasteiger partial charge on any atom is 0.240 e. The predicted molar refractivity (Wildman–Crippen MR) is 89.9 cm³/mol. The van der Waals surface area contributed by atoms with Crippen LogP contribution in [0.3, 0.4) is 0 Å². The monoisotopic (exact) mass is 316 g/mol. The Balaban J connectivity index is 1.92.